The highest BCUT2D eigenvalue weighted by Crippen LogP contribution is 2.10. The molecule has 0 aliphatic carbocycles. The number of nitrogens with one attached hydrogen (secondary N) is 2. The molecule has 0 saturated carbocycles. The number of hydrogen-bond donors (Lipinski definition) is 2. The van der Waals surface area contributed by atoms with Crippen molar-refractivity contribution in [2.45, 2.75) is 13.8 Å². The van der Waals surface area contributed by atoms with Crippen LogP contribution >= 0.6 is 24.0 Å². The lowest BCUT2D eigenvalue weighted by atomic mass is 10.2. The second-order valence-electron chi connectivity index (χ2n) is 5.39. The van der Waals surface area contributed by atoms with Crippen molar-refractivity contribution < 1.29 is 9.47 Å². The first-order valence-corrected chi connectivity index (χ1v) is 8.52. The van der Waals surface area contributed by atoms with Gasteiger partial charge in [0.05, 0.1) is 19.3 Å². The van der Waals surface area contributed by atoms with Gasteiger partial charge in [-0.25, -0.2) is 4.99 Å². The van der Waals surface area contributed by atoms with E-state index in [1.54, 1.807) is 12.4 Å². The molecule has 26 heavy (non-hydrogen) atoms. The molecule has 142 valence electrons. The minimum atomic E-state index is 0. The predicted molar refractivity (Wildman–Crippen MR) is 116 cm³/mol. The molecule has 1 aromatic carbocycles. The molecule has 0 atom stereocenters. The summed E-state index contributed by atoms with van der Waals surface area (Å²) in [6.07, 6.45) is 3.41. The monoisotopic (exact) mass is 470 g/mol. The fourth-order valence-electron chi connectivity index (χ4n) is 2.07. The number of halogens is 1. The summed E-state index contributed by atoms with van der Waals surface area (Å²) in [6.45, 7) is 7.19. The Bertz CT molecular complexity index is 636. The predicted octanol–water partition coefficient (Wildman–Crippen LogP) is 3.02. The summed E-state index contributed by atoms with van der Waals surface area (Å²) in [5, 5.41) is 6.45. The maximum Gasteiger partial charge on any atom is 0.191 e. The lowest BCUT2D eigenvalue weighted by Crippen LogP contribution is -2.39. The molecule has 2 aromatic rings. The molecule has 0 aliphatic heterocycles. The van der Waals surface area contributed by atoms with Gasteiger partial charge in [-0.3, -0.25) is 4.98 Å². The minimum Gasteiger partial charge on any atom is -0.492 e. The van der Waals surface area contributed by atoms with E-state index in [2.05, 4.69) is 27.5 Å². The topological polar surface area (TPSA) is 67.8 Å². The van der Waals surface area contributed by atoms with Crippen molar-refractivity contribution in [1.29, 1.82) is 0 Å². The highest BCUT2D eigenvalue weighted by molar-refractivity contribution is 14.0. The highest BCUT2D eigenvalue weighted by atomic mass is 127. The summed E-state index contributed by atoms with van der Waals surface area (Å²) in [5.41, 5.74) is 1.22. The van der Waals surface area contributed by atoms with E-state index in [9.17, 15) is 0 Å². The van der Waals surface area contributed by atoms with E-state index in [0.717, 1.165) is 24.0 Å². The van der Waals surface area contributed by atoms with Crippen molar-refractivity contribution >= 4 is 29.9 Å². The van der Waals surface area contributed by atoms with Crippen molar-refractivity contribution in [3.05, 3.63) is 54.4 Å². The van der Waals surface area contributed by atoms with Gasteiger partial charge < -0.3 is 20.1 Å². The summed E-state index contributed by atoms with van der Waals surface area (Å²) < 4.78 is 11.3. The maximum atomic E-state index is 5.70. The molecule has 1 heterocycles. The summed E-state index contributed by atoms with van der Waals surface area (Å²) in [5.74, 6) is 2.38. The first-order chi connectivity index (χ1) is 12.3. The Morgan fingerprint density at radius 3 is 2.50 bits per heavy atom. The Kier molecular flexibility index (Phi) is 11.2. The number of rotatable bonds is 9. The quantitative estimate of drug-likeness (QED) is 0.255. The third kappa shape index (κ3) is 8.89. The molecule has 1 aromatic heterocycles. The molecule has 0 fully saturated rings. The Hall–Kier alpha value is -2.03. The molecule has 0 amide bonds. The number of guanidine groups is 1. The van der Waals surface area contributed by atoms with Crippen LogP contribution in [0.5, 0.6) is 11.5 Å². The van der Waals surface area contributed by atoms with Crippen molar-refractivity contribution in [2.75, 3.05) is 32.8 Å². The van der Waals surface area contributed by atoms with Crippen molar-refractivity contribution in [2.24, 2.45) is 4.99 Å². The zero-order chi connectivity index (χ0) is 17.7. The third-order valence-electron chi connectivity index (χ3n) is 3.29. The lowest BCUT2D eigenvalue weighted by molar-refractivity contribution is 0.320. The SMILES string of the molecule is CCNC(=NCCOc1cccnc1)NCCOc1ccc(C)cc1.I. The largest absolute Gasteiger partial charge is 0.492 e. The van der Waals surface area contributed by atoms with E-state index in [1.807, 2.05) is 43.3 Å². The van der Waals surface area contributed by atoms with Gasteiger partial charge in [-0.1, -0.05) is 17.7 Å². The fourth-order valence-corrected chi connectivity index (χ4v) is 2.07. The van der Waals surface area contributed by atoms with Crippen LogP contribution < -0.4 is 20.1 Å². The lowest BCUT2D eigenvalue weighted by Gasteiger charge is -2.12. The summed E-state index contributed by atoms with van der Waals surface area (Å²) in [4.78, 5) is 8.49. The normalized spacial score (nSPS) is 10.6. The van der Waals surface area contributed by atoms with E-state index in [0.29, 0.717) is 26.3 Å². The molecule has 2 rings (SSSR count). The van der Waals surface area contributed by atoms with Gasteiger partial charge in [-0.2, -0.15) is 0 Å². The number of aromatic nitrogens is 1. The van der Waals surface area contributed by atoms with Crippen LogP contribution in [0.15, 0.2) is 53.8 Å². The van der Waals surface area contributed by atoms with Crippen LogP contribution in [0.4, 0.5) is 0 Å². The Balaban J connectivity index is 0.00000338. The molecule has 0 saturated heterocycles. The van der Waals surface area contributed by atoms with Gasteiger partial charge in [0.15, 0.2) is 5.96 Å². The number of ether oxygens (including phenoxy) is 2. The van der Waals surface area contributed by atoms with Crippen molar-refractivity contribution in [1.82, 2.24) is 15.6 Å². The van der Waals surface area contributed by atoms with Crippen LogP contribution in [0.1, 0.15) is 12.5 Å². The molecule has 0 radical (unpaired) electrons. The molecule has 0 aliphatic rings. The van der Waals surface area contributed by atoms with Gasteiger partial charge in [-0.05, 0) is 38.1 Å². The number of aliphatic imine (C=N–C) groups is 1. The van der Waals surface area contributed by atoms with Crippen LogP contribution in [-0.2, 0) is 0 Å². The van der Waals surface area contributed by atoms with Gasteiger partial charge in [0.1, 0.15) is 24.7 Å². The first kappa shape index (κ1) is 22.0. The third-order valence-corrected chi connectivity index (χ3v) is 3.29. The van der Waals surface area contributed by atoms with Gasteiger partial charge >= 0.3 is 0 Å². The number of pyridine rings is 1. The Morgan fingerprint density at radius 2 is 1.81 bits per heavy atom. The summed E-state index contributed by atoms with van der Waals surface area (Å²) in [7, 11) is 0. The number of aryl methyl sites for hydroxylation is 1. The molecule has 0 unspecified atom stereocenters. The van der Waals surface area contributed by atoms with Crippen LogP contribution in [0.25, 0.3) is 0 Å². The molecule has 7 heteroatoms. The highest BCUT2D eigenvalue weighted by Gasteiger charge is 1.98. The van der Waals surface area contributed by atoms with E-state index in [4.69, 9.17) is 9.47 Å². The van der Waals surface area contributed by atoms with E-state index in [1.165, 1.54) is 5.56 Å². The number of benzene rings is 1. The standard InChI is InChI=1S/C19H26N4O2.HI/c1-3-21-19(23-12-14-25-18-5-4-10-20-15-18)22-11-13-24-17-8-6-16(2)7-9-17;/h4-10,15H,3,11-14H2,1-2H3,(H2,21,22,23);1H. The second kappa shape index (κ2) is 13.2. The number of hydrogen-bond acceptors (Lipinski definition) is 4. The minimum absolute atomic E-state index is 0. The summed E-state index contributed by atoms with van der Waals surface area (Å²) >= 11 is 0. The molecular formula is C19H27IN4O2. The average Bonchev–Trinajstić information content (AvgIpc) is 2.64. The zero-order valence-corrected chi connectivity index (χ0v) is 17.6. The Labute approximate surface area is 172 Å². The van der Waals surface area contributed by atoms with E-state index in [-0.39, 0.29) is 24.0 Å². The summed E-state index contributed by atoms with van der Waals surface area (Å²) in [6, 6.07) is 11.8. The molecule has 0 spiro atoms. The maximum absolute atomic E-state index is 5.70. The average molecular weight is 470 g/mol. The second-order valence-corrected chi connectivity index (χ2v) is 5.39. The van der Waals surface area contributed by atoms with Crippen molar-refractivity contribution in [3.8, 4) is 11.5 Å². The number of nitrogens with zero attached hydrogens (tertiary/aromatic N) is 2. The zero-order valence-electron chi connectivity index (χ0n) is 15.3. The molecule has 2 N–H and O–H groups in total. The molecule has 6 nitrogen and oxygen atoms in total. The van der Waals surface area contributed by atoms with E-state index < -0.39 is 0 Å². The van der Waals surface area contributed by atoms with Crippen LogP contribution in [-0.4, -0.2) is 43.8 Å². The fraction of sp³-hybridized carbons (Fsp3) is 0.368. The smallest absolute Gasteiger partial charge is 0.191 e. The van der Waals surface area contributed by atoms with Crippen LogP contribution in [0.3, 0.4) is 0 Å². The van der Waals surface area contributed by atoms with Gasteiger partial charge in [0.25, 0.3) is 0 Å². The molecular weight excluding hydrogens is 443 g/mol. The van der Waals surface area contributed by atoms with Crippen LogP contribution in [0, 0.1) is 6.92 Å². The first-order valence-electron chi connectivity index (χ1n) is 8.52. The van der Waals surface area contributed by atoms with E-state index >= 15 is 0 Å². The van der Waals surface area contributed by atoms with Gasteiger partial charge in [0, 0.05) is 12.7 Å². The van der Waals surface area contributed by atoms with Gasteiger partial charge in [-0.15, -0.1) is 24.0 Å². The Morgan fingerprint density at radius 1 is 1.04 bits per heavy atom. The molecule has 0 bridgehead atoms. The van der Waals surface area contributed by atoms with Crippen molar-refractivity contribution in [3.63, 3.8) is 0 Å². The van der Waals surface area contributed by atoms with Crippen LogP contribution in [0.2, 0.25) is 0 Å². The van der Waals surface area contributed by atoms with Gasteiger partial charge in [0.2, 0.25) is 0 Å².